The molecule has 18 heavy (non-hydrogen) atoms. The fourth-order valence-corrected chi connectivity index (χ4v) is 1.34. The molecule has 0 radical (unpaired) electrons. The molecule has 96 valence electrons. The quantitative estimate of drug-likeness (QED) is 0.616. The number of methoxy groups -OCH3 is 1. The van der Waals surface area contributed by atoms with Crippen LogP contribution in [-0.2, 0) is 4.79 Å². The number of carboxylic acids is 1. The summed E-state index contributed by atoms with van der Waals surface area (Å²) >= 11 is 0. The van der Waals surface area contributed by atoms with Crippen LogP contribution in [0.25, 0.3) is 0 Å². The van der Waals surface area contributed by atoms with Gasteiger partial charge in [0.15, 0.2) is 5.75 Å². The topological polar surface area (TPSA) is 119 Å². The van der Waals surface area contributed by atoms with Gasteiger partial charge < -0.3 is 15.2 Å². The highest BCUT2D eigenvalue weighted by Gasteiger charge is 2.22. The molecule has 0 heterocycles. The zero-order valence-electron chi connectivity index (χ0n) is 9.59. The highest BCUT2D eigenvalue weighted by molar-refractivity contribution is 6.01. The normalized spacial score (nSPS) is 9.67. The summed E-state index contributed by atoms with van der Waals surface area (Å²) in [7, 11) is 1.21. The molecule has 0 saturated carbocycles. The number of nitro benzene ring substituents is 1. The van der Waals surface area contributed by atoms with Gasteiger partial charge in [0, 0.05) is 19.1 Å². The van der Waals surface area contributed by atoms with Gasteiger partial charge in [-0.1, -0.05) is 0 Å². The Morgan fingerprint density at radius 1 is 1.44 bits per heavy atom. The van der Waals surface area contributed by atoms with Crippen molar-refractivity contribution in [3.05, 3.63) is 27.8 Å². The van der Waals surface area contributed by atoms with Gasteiger partial charge in [0.1, 0.15) is 0 Å². The summed E-state index contributed by atoms with van der Waals surface area (Å²) in [4.78, 5) is 31.9. The number of carboxylic acid groups (broad SMARTS) is 1. The van der Waals surface area contributed by atoms with E-state index in [4.69, 9.17) is 9.84 Å². The average molecular weight is 254 g/mol. The largest absolute Gasteiger partial charge is 0.490 e. The van der Waals surface area contributed by atoms with E-state index in [2.05, 4.69) is 5.32 Å². The minimum Gasteiger partial charge on any atom is -0.490 e. The molecule has 8 heteroatoms. The molecule has 0 fully saturated rings. The molecule has 0 atom stereocenters. The number of nitrogens with one attached hydrogen (secondary N) is 1. The van der Waals surface area contributed by atoms with Gasteiger partial charge in [-0.15, -0.1) is 0 Å². The van der Waals surface area contributed by atoms with Crippen LogP contribution < -0.4 is 10.1 Å². The van der Waals surface area contributed by atoms with Crippen LogP contribution in [0.4, 0.5) is 11.4 Å². The molecule has 0 bridgehead atoms. The number of amides is 1. The highest BCUT2D eigenvalue weighted by atomic mass is 16.6. The van der Waals surface area contributed by atoms with Gasteiger partial charge in [-0.3, -0.25) is 14.9 Å². The minimum absolute atomic E-state index is 0.0579. The van der Waals surface area contributed by atoms with E-state index in [9.17, 15) is 19.7 Å². The van der Waals surface area contributed by atoms with Gasteiger partial charge in [-0.2, -0.15) is 0 Å². The van der Waals surface area contributed by atoms with Crippen LogP contribution >= 0.6 is 0 Å². The molecule has 0 aromatic heterocycles. The number of carbonyl (C=O) groups is 2. The van der Waals surface area contributed by atoms with E-state index in [-0.39, 0.29) is 17.0 Å². The summed E-state index contributed by atoms with van der Waals surface area (Å²) in [6.07, 6.45) is 0. The van der Waals surface area contributed by atoms with E-state index in [1.807, 2.05) is 0 Å². The van der Waals surface area contributed by atoms with E-state index in [0.29, 0.717) is 0 Å². The number of hydrogen-bond acceptors (Lipinski definition) is 5. The first-order chi connectivity index (χ1) is 8.36. The summed E-state index contributed by atoms with van der Waals surface area (Å²) in [6, 6.07) is 1.94. The van der Waals surface area contributed by atoms with Crippen molar-refractivity contribution in [2.24, 2.45) is 0 Å². The fraction of sp³-hybridized carbons (Fsp3) is 0.200. The van der Waals surface area contributed by atoms with Crippen LogP contribution in [0, 0.1) is 10.1 Å². The molecule has 2 N–H and O–H groups in total. The maximum Gasteiger partial charge on any atom is 0.338 e. The number of aromatic carboxylic acids is 1. The number of nitrogens with zero attached hydrogens (tertiary/aromatic N) is 1. The number of benzene rings is 1. The van der Waals surface area contributed by atoms with Crippen LogP contribution in [-0.4, -0.2) is 29.0 Å². The van der Waals surface area contributed by atoms with Crippen LogP contribution in [0.1, 0.15) is 17.3 Å². The van der Waals surface area contributed by atoms with E-state index in [1.54, 1.807) is 0 Å². The monoisotopic (exact) mass is 254 g/mol. The number of hydrogen-bond donors (Lipinski definition) is 2. The maximum atomic E-state index is 11.0. The molecular formula is C10H10N2O6. The van der Waals surface area contributed by atoms with E-state index < -0.39 is 22.5 Å². The lowest BCUT2D eigenvalue weighted by Gasteiger charge is -2.09. The highest BCUT2D eigenvalue weighted by Crippen LogP contribution is 2.33. The summed E-state index contributed by atoms with van der Waals surface area (Å²) in [5.74, 6) is -2.01. The number of carbonyl (C=O) groups excluding carboxylic acids is 1. The van der Waals surface area contributed by atoms with E-state index >= 15 is 0 Å². The Labute approximate surface area is 101 Å². The fourth-order valence-electron chi connectivity index (χ4n) is 1.34. The molecule has 0 unspecified atom stereocenters. The summed E-state index contributed by atoms with van der Waals surface area (Å²) in [6.45, 7) is 1.19. The molecule has 0 spiro atoms. The second kappa shape index (κ2) is 5.13. The van der Waals surface area contributed by atoms with Gasteiger partial charge in [0.2, 0.25) is 5.91 Å². The third-order valence-corrected chi connectivity index (χ3v) is 2.06. The second-order valence-corrected chi connectivity index (χ2v) is 3.31. The summed E-state index contributed by atoms with van der Waals surface area (Å²) < 4.78 is 4.78. The predicted molar refractivity (Wildman–Crippen MR) is 60.9 cm³/mol. The van der Waals surface area contributed by atoms with Crippen molar-refractivity contribution in [3.63, 3.8) is 0 Å². The molecular weight excluding hydrogens is 244 g/mol. The first kappa shape index (κ1) is 13.4. The van der Waals surface area contributed by atoms with Gasteiger partial charge >= 0.3 is 11.7 Å². The molecule has 0 saturated heterocycles. The second-order valence-electron chi connectivity index (χ2n) is 3.31. The molecule has 8 nitrogen and oxygen atoms in total. The SMILES string of the molecule is COc1cc(NC(C)=O)c(C(=O)O)cc1[N+](=O)[O-]. The summed E-state index contributed by atoms with van der Waals surface area (Å²) in [5.41, 5.74) is -0.917. The first-order valence-electron chi connectivity index (χ1n) is 4.74. The molecule has 1 rings (SSSR count). The lowest BCUT2D eigenvalue weighted by Crippen LogP contribution is -2.11. The van der Waals surface area contributed by atoms with Gasteiger partial charge in [0.05, 0.1) is 23.3 Å². The van der Waals surface area contributed by atoms with Crippen LogP contribution in [0.15, 0.2) is 12.1 Å². The number of rotatable bonds is 4. The van der Waals surface area contributed by atoms with Crippen LogP contribution in [0.5, 0.6) is 5.75 Å². The van der Waals surface area contributed by atoms with Crippen molar-refractivity contribution in [3.8, 4) is 5.75 Å². The number of nitro groups is 1. The van der Waals surface area contributed by atoms with E-state index in [0.717, 1.165) is 12.1 Å². The Bertz CT molecular complexity index is 525. The van der Waals surface area contributed by atoms with Crippen LogP contribution in [0.2, 0.25) is 0 Å². The first-order valence-corrected chi connectivity index (χ1v) is 4.74. The minimum atomic E-state index is -1.38. The van der Waals surface area contributed by atoms with Crippen molar-refractivity contribution in [2.45, 2.75) is 6.92 Å². The number of anilines is 1. The van der Waals surface area contributed by atoms with Crippen molar-refractivity contribution in [1.29, 1.82) is 0 Å². The van der Waals surface area contributed by atoms with Crippen molar-refractivity contribution >= 4 is 23.3 Å². The average Bonchev–Trinajstić information content (AvgIpc) is 2.26. The number of ether oxygens (including phenoxy) is 1. The Morgan fingerprint density at radius 3 is 2.44 bits per heavy atom. The molecule has 1 aromatic carbocycles. The Morgan fingerprint density at radius 2 is 2.06 bits per heavy atom. The zero-order chi connectivity index (χ0) is 13.9. The molecule has 1 amide bonds. The van der Waals surface area contributed by atoms with Crippen molar-refractivity contribution < 1.29 is 24.4 Å². The third kappa shape index (κ3) is 2.73. The zero-order valence-corrected chi connectivity index (χ0v) is 9.59. The van der Waals surface area contributed by atoms with Gasteiger partial charge in [0.25, 0.3) is 0 Å². The predicted octanol–water partition coefficient (Wildman–Crippen LogP) is 1.26. The van der Waals surface area contributed by atoms with Crippen molar-refractivity contribution in [2.75, 3.05) is 12.4 Å². The third-order valence-electron chi connectivity index (χ3n) is 2.06. The molecule has 0 aliphatic rings. The Balaban J connectivity index is 3.46. The Hall–Kier alpha value is -2.64. The van der Waals surface area contributed by atoms with Crippen LogP contribution in [0.3, 0.4) is 0 Å². The summed E-state index contributed by atoms with van der Waals surface area (Å²) in [5, 5.41) is 21.9. The van der Waals surface area contributed by atoms with Gasteiger partial charge in [-0.25, -0.2) is 4.79 Å². The molecule has 1 aromatic rings. The lowest BCUT2D eigenvalue weighted by molar-refractivity contribution is -0.385. The van der Waals surface area contributed by atoms with Gasteiger partial charge in [-0.05, 0) is 0 Å². The molecule has 0 aliphatic heterocycles. The van der Waals surface area contributed by atoms with E-state index in [1.165, 1.54) is 14.0 Å². The smallest absolute Gasteiger partial charge is 0.338 e. The standard InChI is InChI=1S/C10H10N2O6/c1-5(13)11-7-4-9(18-2)8(12(16)17)3-6(7)10(14)15/h3-4H,1-2H3,(H,11,13)(H,14,15). The molecule has 0 aliphatic carbocycles. The lowest BCUT2D eigenvalue weighted by atomic mass is 10.1. The Kier molecular flexibility index (Phi) is 3.82. The van der Waals surface area contributed by atoms with Crippen molar-refractivity contribution in [1.82, 2.24) is 0 Å². The maximum absolute atomic E-state index is 11.0.